The van der Waals surface area contributed by atoms with Crippen LogP contribution in [0.3, 0.4) is 0 Å². The summed E-state index contributed by atoms with van der Waals surface area (Å²) in [4.78, 5) is 28.1. The molecule has 0 atom stereocenters. The predicted molar refractivity (Wildman–Crippen MR) is 117 cm³/mol. The first-order valence-corrected chi connectivity index (χ1v) is 10.3. The van der Waals surface area contributed by atoms with Crippen molar-refractivity contribution in [3.8, 4) is 27.9 Å². The van der Waals surface area contributed by atoms with E-state index in [1.807, 2.05) is 23.6 Å². The van der Waals surface area contributed by atoms with Crippen LogP contribution in [0.5, 0.6) is 11.5 Å². The Bertz CT molecular complexity index is 1360. The standard InChI is InChI=1S/C21H15N5O5S/c1-12-8-19(23-20(27)14-4-2-3-5-16(14)26(28)29)25(24-12)21-22-15(10-32-21)13-6-7-17-18(9-13)31-11-30-17/h2-10H,11H2,1H3,(H,23,27). The summed E-state index contributed by atoms with van der Waals surface area (Å²) in [7, 11) is 0. The number of nitro groups is 1. The number of anilines is 1. The molecule has 0 aliphatic carbocycles. The molecule has 32 heavy (non-hydrogen) atoms. The maximum Gasteiger partial charge on any atom is 0.282 e. The number of carbonyl (C=O) groups excluding carboxylic acids is 1. The Morgan fingerprint density at radius 2 is 2.00 bits per heavy atom. The van der Waals surface area contributed by atoms with Gasteiger partial charge in [0.25, 0.3) is 11.6 Å². The van der Waals surface area contributed by atoms with Crippen LogP contribution in [0.15, 0.2) is 53.9 Å². The minimum absolute atomic E-state index is 0.0388. The number of nitrogens with zero attached hydrogens (tertiary/aromatic N) is 4. The number of hydrogen-bond donors (Lipinski definition) is 1. The Balaban J connectivity index is 1.45. The van der Waals surface area contributed by atoms with Gasteiger partial charge in [-0.3, -0.25) is 14.9 Å². The Hall–Kier alpha value is -4.25. The highest BCUT2D eigenvalue weighted by atomic mass is 32.1. The first-order chi connectivity index (χ1) is 15.5. The normalized spacial score (nSPS) is 12.0. The van der Waals surface area contributed by atoms with E-state index in [0.717, 1.165) is 5.56 Å². The van der Waals surface area contributed by atoms with Gasteiger partial charge < -0.3 is 14.8 Å². The summed E-state index contributed by atoms with van der Waals surface area (Å²) in [5.74, 6) is 1.10. The molecule has 0 unspecified atom stereocenters. The van der Waals surface area contributed by atoms with Crippen molar-refractivity contribution in [1.82, 2.24) is 14.8 Å². The van der Waals surface area contributed by atoms with E-state index in [1.54, 1.807) is 19.1 Å². The first kappa shape index (κ1) is 19.7. The molecule has 0 fully saturated rings. The molecule has 1 aliphatic rings. The van der Waals surface area contributed by atoms with Crippen LogP contribution in [0.25, 0.3) is 16.4 Å². The quantitative estimate of drug-likeness (QED) is 0.358. The van der Waals surface area contributed by atoms with Crippen molar-refractivity contribution >= 4 is 28.7 Å². The van der Waals surface area contributed by atoms with Crippen LogP contribution in [0, 0.1) is 17.0 Å². The van der Waals surface area contributed by atoms with Crippen molar-refractivity contribution in [1.29, 1.82) is 0 Å². The van der Waals surface area contributed by atoms with Gasteiger partial charge in [-0.2, -0.15) is 9.78 Å². The topological polar surface area (TPSA) is 121 Å². The Labute approximate surface area is 185 Å². The largest absolute Gasteiger partial charge is 0.454 e. The van der Waals surface area contributed by atoms with E-state index < -0.39 is 10.8 Å². The molecule has 0 spiro atoms. The number of rotatable bonds is 5. The highest BCUT2D eigenvalue weighted by Crippen LogP contribution is 2.36. The number of ether oxygens (including phenoxy) is 2. The van der Waals surface area contributed by atoms with Gasteiger partial charge in [-0.25, -0.2) is 4.98 Å². The van der Waals surface area contributed by atoms with E-state index in [9.17, 15) is 14.9 Å². The zero-order valence-electron chi connectivity index (χ0n) is 16.6. The van der Waals surface area contributed by atoms with Crippen LogP contribution in [0.1, 0.15) is 16.1 Å². The number of nitrogens with one attached hydrogen (secondary N) is 1. The van der Waals surface area contributed by atoms with Gasteiger partial charge in [0.15, 0.2) is 11.5 Å². The predicted octanol–water partition coefficient (Wildman–Crippen LogP) is 4.19. The molecule has 1 amide bonds. The third-order valence-electron chi connectivity index (χ3n) is 4.76. The number of aromatic nitrogens is 3. The van der Waals surface area contributed by atoms with E-state index in [0.29, 0.717) is 33.8 Å². The van der Waals surface area contributed by atoms with E-state index in [1.165, 1.54) is 34.2 Å². The zero-order chi connectivity index (χ0) is 22.2. The second kappa shape index (κ2) is 7.78. The molecule has 2 aromatic heterocycles. The summed E-state index contributed by atoms with van der Waals surface area (Å²) in [6, 6.07) is 13.0. The molecular weight excluding hydrogens is 434 g/mol. The minimum atomic E-state index is -0.606. The lowest BCUT2D eigenvalue weighted by Gasteiger charge is -2.07. The van der Waals surface area contributed by atoms with E-state index in [4.69, 9.17) is 9.47 Å². The number of carbonyl (C=O) groups is 1. The fourth-order valence-corrected chi connectivity index (χ4v) is 4.09. The van der Waals surface area contributed by atoms with Crippen molar-refractivity contribution in [3.05, 3.63) is 75.3 Å². The Kier molecular flexibility index (Phi) is 4.79. The second-order valence-corrected chi connectivity index (χ2v) is 7.73. The highest BCUT2D eigenvalue weighted by molar-refractivity contribution is 7.12. The van der Waals surface area contributed by atoms with Crippen LogP contribution >= 0.6 is 11.3 Å². The number of hydrogen-bond acceptors (Lipinski definition) is 8. The number of thiazole rings is 1. The fraction of sp³-hybridized carbons (Fsp3) is 0.0952. The van der Waals surface area contributed by atoms with Gasteiger partial charge in [0.2, 0.25) is 11.9 Å². The molecular formula is C21H15N5O5S. The third-order valence-corrected chi connectivity index (χ3v) is 5.58. The molecule has 10 nitrogen and oxygen atoms in total. The monoisotopic (exact) mass is 449 g/mol. The number of amides is 1. The Morgan fingerprint density at radius 3 is 2.84 bits per heavy atom. The van der Waals surface area contributed by atoms with Crippen molar-refractivity contribution in [2.75, 3.05) is 12.1 Å². The molecule has 160 valence electrons. The van der Waals surface area contributed by atoms with Gasteiger partial charge in [-0.1, -0.05) is 12.1 Å². The Morgan fingerprint density at radius 1 is 1.19 bits per heavy atom. The molecule has 0 saturated heterocycles. The van der Waals surface area contributed by atoms with Crippen molar-refractivity contribution < 1.29 is 19.2 Å². The van der Waals surface area contributed by atoms with Crippen LogP contribution in [0.2, 0.25) is 0 Å². The number of nitro benzene ring substituents is 1. The van der Waals surface area contributed by atoms with Gasteiger partial charge in [0.05, 0.1) is 16.3 Å². The molecule has 0 radical (unpaired) electrons. The molecule has 5 rings (SSSR count). The van der Waals surface area contributed by atoms with E-state index in [2.05, 4.69) is 15.4 Å². The zero-order valence-corrected chi connectivity index (χ0v) is 17.5. The molecule has 11 heteroatoms. The SMILES string of the molecule is Cc1cc(NC(=O)c2ccccc2[N+](=O)[O-])n(-c2nc(-c3ccc4c(c3)OCO4)cs2)n1. The lowest BCUT2D eigenvalue weighted by Crippen LogP contribution is -2.16. The third kappa shape index (κ3) is 3.54. The van der Waals surface area contributed by atoms with Gasteiger partial charge in [0.1, 0.15) is 11.4 Å². The molecule has 1 aliphatic heterocycles. The average molecular weight is 449 g/mol. The summed E-state index contributed by atoms with van der Waals surface area (Å²) in [6.45, 7) is 1.97. The van der Waals surface area contributed by atoms with E-state index in [-0.39, 0.29) is 18.0 Å². The van der Waals surface area contributed by atoms with Gasteiger partial charge in [0, 0.05) is 23.1 Å². The van der Waals surface area contributed by atoms with Crippen LogP contribution in [-0.4, -0.2) is 32.4 Å². The van der Waals surface area contributed by atoms with Crippen LogP contribution in [-0.2, 0) is 0 Å². The lowest BCUT2D eigenvalue weighted by atomic mass is 10.1. The molecule has 4 aromatic rings. The number of benzene rings is 2. The molecule has 2 aromatic carbocycles. The molecule has 0 saturated carbocycles. The number of aryl methyl sites for hydroxylation is 1. The summed E-state index contributed by atoms with van der Waals surface area (Å²) < 4.78 is 12.3. The lowest BCUT2D eigenvalue weighted by molar-refractivity contribution is -0.385. The van der Waals surface area contributed by atoms with Gasteiger partial charge in [-0.05, 0) is 31.2 Å². The second-order valence-electron chi connectivity index (χ2n) is 6.89. The molecule has 3 heterocycles. The number of para-hydroxylation sites is 1. The smallest absolute Gasteiger partial charge is 0.282 e. The maximum absolute atomic E-state index is 12.8. The molecule has 0 bridgehead atoms. The average Bonchev–Trinajstić information content (AvgIpc) is 3.52. The van der Waals surface area contributed by atoms with Crippen LogP contribution < -0.4 is 14.8 Å². The number of fused-ring (bicyclic) bond motifs is 1. The first-order valence-electron chi connectivity index (χ1n) is 9.47. The van der Waals surface area contributed by atoms with Gasteiger partial charge in [-0.15, -0.1) is 11.3 Å². The van der Waals surface area contributed by atoms with Crippen molar-refractivity contribution in [2.24, 2.45) is 0 Å². The van der Waals surface area contributed by atoms with Crippen molar-refractivity contribution in [3.63, 3.8) is 0 Å². The summed E-state index contributed by atoms with van der Waals surface area (Å²) in [5.41, 5.74) is 1.91. The summed E-state index contributed by atoms with van der Waals surface area (Å²) in [5, 5.41) is 20.8. The minimum Gasteiger partial charge on any atom is -0.454 e. The molecule has 1 N–H and O–H groups in total. The van der Waals surface area contributed by atoms with E-state index >= 15 is 0 Å². The summed E-state index contributed by atoms with van der Waals surface area (Å²) in [6.07, 6.45) is 0. The van der Waals surface area contributed by atoms with Crippen LogP contribution in [0.4, 0.5) is 11.5 Å². The highest BCUT2D eigenvalue weighted by Gasteiger charge is 2.22. The summed E-state index contributed by atoms with van der Waals surface area (Å²) >= 11 is 1.35. The van der Waals surface area contributed by atoms with Gasteiger partial charge >= 0.3 is 0 Å². The maximum atomic E-state index is 12.8. The fourth-order valence-electron chi connectivity index (χ4n) is 3.29. The van der Waals surface area contributed by atoms with Crippen molar-refractivity contribution in [2.45, 2.75) is 6.92 Å².